The summed E-state index contributed by atoms with van der Waals surface area (Å²) in [6.07, 6.45) is 1.94. The summed E-state index contributed by atoms with van der Waals surface area (Å²) in [6.45, 7) is 4.18. The van der Waals surface area contributed by atoms with Crippen molar-refractivity contribution in [2.24, 2.45) is 5.73 Å². The lowest BCUT2D eigenvalue weighted by Gasteiger charge is -2.00. The van der Waals surface area contributed by atoms with Crippen molar-refractivity contribution in [1.29, 1.82) is 0 Å². The average Bonchev–Trinajstić information content (AvgIpc) is 2.77. The number of benzene rings is 1. The van der Waals surface area contributed by atoms with Gasteiger partial charge < -0.3 is 5.73 Å². The maximum absolute atomic E-state index is 5.78. The molecular formula is C14H18N2S. The molecule has 3 heteroatoms. The molecule has 2 N–H and O–H groups in total. The van der Waals surface area contributed by atoms with E-state index in [1.165, 1.54) is 11.1 Å². The summed E-state index contributed by atoms with van der Waals surface area (Å²) in [6, 6.07) is 8.80. The summed E-state index contributed by atoms with van der Waals surface area (Å²) in [4.78, 5) is 4.61. The summed E-state index contributed by atoms with van der Waals surface area (Å²) in [5.41, 5.74) is 9.39. The van der Waals surface area contributed by atoms with Gasteiger partial charge in [-0.25, -0.2) is 4.98 Å². The van der Waals surface area contributed by atoms with Crippen molar-refractivity contribution in [2.75, 3.05) is 0 Å². The smallest absolute Gasteiger partial charge is 0.0947 e. The van der Waals surface area contributed by atoms with Crippen LogP contribution < -0.4 is 5.73 Å². The van der Waals surface area contributed by atoms with E-state index in [0.29, 0.717) is 0 Å². The largest absolute Gasteiger partial charge is 0.328 e. The molecule has 0 aliphatic heterocycles. The molecule has 0 radical (unpaired) electrons. The maximum atomic E-state index is 5.78. The summed E-state index contributed by atoms with van der Waals surface area (Å²) in [7, 11) is 0. The molecule has 0 fully saturated rings. The third-order valence-corrected chi connectivity index (χ3v) is 3.58. The van der Waals surface area contributed by atoms with Crippen molar-refractivity contribution in [1.82, 2.24) is 4.98 Å². The van der Waals surface area contributed by atoms with Crippen LogP contribution in [0.2, 0.25) is 0 Å². The standard InChI is InChI=1S/C14H18N2S/c1-3-11-4-6-12(7-5-11)13-9-17-14(16-13)8-10(2)15/h4-7,9-10H,3,8,15H2,1-2H3. The van der Waals surface area contributed by atoms with Crippen molar-refractivity contribution < 1.29 is 0 Å². The van der Waals surface area contributed by atoms with E-state index in [9.17, 15) is 0 Å². The molecule has 90 valence electrons. The predicted octanol–water partition coefficient (Wildman–Crippen LogP) is 3.26. The summed E-state index contributed by atoms with van der Waals surface area (Å²) in [5, 5.41) is 3.23. The van der Waals surface area contributed by atoms with E-state index in [-0.39, 0.29) is 6.04 Å². The highest BCUT2D eigenvalue weighted by molar-refractivity contribution is 7.09. The first-order valence-electron chi connectivity index (χ1n) is 5.98. The molecule has 2 nitrogen and oxygen atoms in total. The fourth-order valence-electron chi connectivity index (χ4n) is 1.72. The van der Waals surface area contributed by atoms with Crippen LogP contribution in [0, 0.1) is 0 Å². The lowest BCUT2D eigenvalue weighted by atomic mass is 10.1. The van der Waals surface area contributed by atoms with Crippen molar-refractivity contribution >= 4 is 11.3 Å². The van der Waals surface area contributed by atoms with Crippen LogP contribution in [0.25, 0.3) is 11.3 Å². The van der Waals surface area contributed by atoms with Crippen LogP contribution in [-0.2, 0) is 12.8 Å². The third kappa shape index (κ3) is 3.14. The average molecular weight is 246 g/mol. The molecule has 0 aliphatic carbocycles. The number of nitrogens with zero attached hydrogens (tertiary/aromatic N) is 1. The number of nitrogens with two attached hydrogens (primary N) is 1. The van der Waals surface area contributed by atoms with Gasteiger partial charge in [0.2, 0.25) is 0 Å². The number of aryl methyl sites for hydroxylation is 1. The van der Waals surface area contributed by atoms with Gasteiger partial charge in [0, 0.05) is 23.4 Å². The third-order valence-electron chi connectivity index (χ3n) is 2.71. The first kappa shape index (κ1) is 12.3. The second kappa shape index (κ2) is 5.43. The van der Waals surface area contributed by atoms with E-state index < -0.39 is 0 Å². The molecule has 17 heavy (non-hydrogen) atoms. The van der Waals surface area contributed by atoms with Gasteiger partial charge in [-0.3, -0.25) is 0 Å². The molecule has 1 heterocycles. The highest BCUT2D eigenvalue weighted by Gasteiger charge is 2.06. The second-order valence-corrected chi connectivity index (χ2v) is 5.30. The van der Waals surface area contributed by atoms with Gasteiger partial charge >= 0.3 is 0 Å². The van der Waals surface area contributed by atoms with Gasteiger partial charge in [-0.15, -0.1) is 11.3 Å². The van der Waals surface area contributed by atoms with Crippen LogP contribution in [-0.4, -0.2) is 11.0 Å². The number of hydrogen-bond acceptors (Lipinski definition) is 3. The molecule has 2 rings (SSSR count). The second-order valence-electron chi connectivity index (χ2n) is 4.36. The van der Waals surface area contributed by atoms with Crippen LogP contribution >= 0.6 is 11.3 Å². The molecule has 2 aromatic rings. The van der Waals surface area contributed by atoms with Crippen molar-refractivity contribution in [2.45, 2.75) is 32.7 Å². The predicted molar refractivity (Wildman–Crippen MR) is 74.3 cm³/mol. The Morgan fingerprint density at radius 2 is 2.00 bits per heavy atom. The normalized spacial score (nSPS) is 12.6. The highest BCUT2D eigenvalue weighted by Crippen LogP contribution is 2.23. The minimum absolute atomic E-state index is 0.177. The zero-order valence-corrected chi connectivity index (χ0v) is 11.1. The van der Waals surface area contributed by atoms with Gasteiger partial charge in [0.1, 0.15) is 0 Å². The molecule has 0 amide bonds. The van der Waals surface area contributed by atoms with Gasteiger partial charge in [0.05, 0.1) is 10.7 Å². The first-order chi connectivity index (χ1) is 8.19. The van der Waals surface area contributed by atoms with Crippen LogP contribution in [0.3, 0.4) is 0 Å². The zero-order chi connectivity index (χ0) is 12.3. The molecule has 1 aromatic carbocycles. The van der Waals surface area contributed by atoms with Crippen LogP contribution in [0.5, 0.6) is 0 Å². The topological polar surface area (TPSA) is 38.9 Å². The van der Waals surface area contributed by atoms with E-state index in [1.807, 2.05) is 6.92 Å². The summed E-state index contributed by atoms with van der Waals surface area (Å²) < 4.78 is 0. The number of hydrogen-bond donors (Lipinski definition) is 1. The zero-order valence-electron chi connectivity index (χ0n) is 10.3. The van der Waals surface area contributed by atoms with Crippen molar-refractivity contribution in [3.63, 3.8) is 0 Å². The minimum atomic E-state index is 0.177. The Labute approximate surface area is 107 Å². The lowest BCUT2D eigenvalue weighted by Crippen LogP contribution is -2.17. The van der Waals surface area contributed by atoms with E-state index in [4.69, 9.17) is 5.73 Å². The van der Waals surface area contributed by atoms with Gasteiger partial charge in [-0.2, -0.15) is 0 Å². The Bertz CT molecular complexity index is 471. The van der Waals surface area contributed by atoms with Gasteiger partial charge in [-0.1, -0.05) is 31.2 Å². The van der Waals surface area contributed by atoms with E-state index in [2.05, 4.69) is 41.6 Å². The molecule has 0 spiro atoms. The maximum Gasteiger partial charge on any atom is 0.0947 e. The molecule has 0 saturated heterocycles. The minimum Gasteiger partial charge on any atom is -0.328 e. The Morgan fingerprint density at radius 1 is 1.29 bits per heavy atom. The van der Waals surface area contributed by atoms with Gasteiger partial charge in [0.25, 0.3) is 0 Å². The molecule has 1 unspecified atom stereocenters. The van der Waals surface area contributed by atoms with Crippen LogP contribution in [0.4, 0.5) is 0 Å². The van der Waals surface area contributed by atoms with Crippen LogP contribution in [0.1, 0.15) is 24.4 Å². The Hall–Kier alpha value is -1.19. The Kier molecular flexibility index (Phi) is 3.92. The van der Waals surface area contributed by atoms with Gasteiger partial charge in [-0.05, 0) is 18.9 Å². The molecule has 1 atom stereocenters. The Morgan fingerprint density at radius 3 is 2.59 bits per heavy atom. The molecular weight excluding hydrogens is 228 g/mol. The SMILES string of the molecule is CCc1ccc(-c2csc(CC(C)N)n2)cc1. The number of aromatic nitrogens is 1. The van der Waals surface area contributed by atoms with Gasteiger partial charge in [0.15, 0.2) is 0 Å². The van der Waals surface area contributed by atoms with Crippen molar-refractivity contribution in [3.05, 3.63) is 40.2 Å². The molecule has 0 aliphatic rings. The number of rotatable bonds is 4. The highest BCUT2D eigenvalue weighted by atomic mass is 32.1. The molecule has 1 aromatic heterocycles. The van der Waals surface area contributed by atoms with E-state index in [1.54, 1.807) is 11.3 Å². The fourth-order valence-corrected chi connectivity index (χ4v) is 2.67. The van der Waals surface area contributed by atoms with E-state index in [0.717, 1.165) is 23.5 Å². The molecule has 0 bridgehead atoms. The summed E-state index contributed by atoms with van der Waals surface area (Å²) >= 11 is 1.69. The number of thiazole rings is 1. The van der Waals surface area contributed by atoms with Crippen LogP contribution in [0.15, 0.2) is 29.6 Å². The molecule has 0 saturated carbocycles. The monoisotopic (exact) mass is 246 g/mol. The Balaban J connectivity index is 2.18. The fraction of sp³-hybridized carbons (Fsp3) is 0.357. The van der Waals surface area contributed by atoms with E-state index >= 15 is 0 Å². The summed E-state index contributed by atoms with van der Waals surface area (Å²) in [5.74, 6) is 0. The lowest BCUT2D eigenvalue weighted by molar-refractivity contribution is 0.734. The van der Waals surface area contributed by atoms with Crippen molar-refractivity contribution in [3.8, 4) is 11.3 Å². The quantitative estimate of drug-likeness (QED) is 0.899. The first-order valence-corrected chi connectivity index (χ1v) is 6.86.